The van der Waals surface area contributed by atoms with E-state index in [1.807, 2.05) is 26.0 Å². The molecule has 7 nitrogen and oxygen atoms in total. The molecule has 7 heteroatoms. The minimum atomic E-state index is -0.362. The number of nitrogens with zero attached hydrogens (tertiary/aromatic N) is 4. The molecule has 0 bridgehead atoms. The topological polar surface area (TPSA) is 85.9 Å². The molecule has 112 valence electrons. The monoisotopic (exact) mass is 289 g/mol. The quantitative estimate of drug-likeness (QED) is 0.652. The molecule has 0 aliphatic heterocycles. The number of rotatable bonds is 6. The predicted molar refractivity (Wildman–Crippen MR) is 80.1 cm³/mol. The molecular weight excluding hydrogens is 270 g/mol. The van der Waals surface area contributed by atoms with E-state index in [9.17, 15) is 10.1 Å². The van der Waals surface area contributed by atoms with Crippen LogP contribution >= 0.6 is 0 Å². The van der Waals surface area contributed by atoms with Crippen LogP contribution in [0.5, 0.6) is 0 Å². The molecule has 0 amide bonds. The molecule has 0 aliphatic rings. The van der Waals surface area contributed by atoms with E-state index >= 15 is 0 Å². The highest BCUT2D eigenvalue weighted by atomic mass is 16.6. The van der Waals surface area contributed by atoms with Crippen molar-refractivity contribution in [3.05, 3.63) is 45.9 Å². The second kappa shape index (κ2) is 6.34. The first-order valence-corrected chi connectivity index (χ1v) is 6.91. The zero-order valence-corrected chi connectivity index (χ0v) is 12.4. The van der Waals surface area contributed by atoms with E-state index in [-0.39, 0.29) is 16.7 Å². The number of hydrogen-bond donors (Lipinski definition) is 1. The average Bonchev–Trinajstić information content (AvgIpc) is 2.76. The van der Waals surface area contributed by atoms with Crippen LogP contribution < -0.4 is 5.32 Å². The molecule has 2 aromatic heterocycles. The molecule has 0 saturated carbocycles. The van der Waals surface area contributed by atoms with Crippen molar-refractivity contribution in [3.8, 4) is 0 Å². The van der Waals surface area contributed by atoms with Crippen LogP contribution in [0.1, 0.15) is 37.6 Å². The first kappa shape index (κ1) is 15.0. The first-order valence-electron chi connectivity index (χ1n) is 6.91. The number of aryl methyl sites for hydroxylation is 2. The molecule has 0 spiro atoms. The fourth-order valence-corrected chi connectivity index (χ4v) is 2.27. The van der Waals surface area contributed by atoms with E-state index in [0.29, 0.717) is 17.9 Å². The van der Waals surface area contributed by atoms with Gasteiger partial charge in [0.05, 0.1) is 11.0 Å². The molecule has 0 saturated heterocycles. The van der Waals surface area contributed by atoms with Gasteiger partial charge in [0.25, 0.3) is 0 Å². The molecule has 0 radical (unpaired) electrons. The van der Waals surface area contributed by atoms with Gasteiger partial charge in [0.15, 0.2) is 0 Å². The van der Waals surface area contributed by atoms with Crippen molar-refractivity contribution in [1.82, 2.24) is 14.8 Å². The molecule has 0 aliphatic carbocycles. The summed E-state index contributed by atoms with van der Waals surface area (Å²) in [5, 5.41) is 18.8. The number of hydrogen-bond acceptors (Lipinski definition) is 5. The minimum absolute atomic E-state index is 0.0697. The van der Waals surface area contributed by atoms with Gasteiger partial charge in [0.2, 0.25) is 5.82 Å². The van der Waals surface area contributed by atoms with Crippen molar-refractivity contribution in [2.45, 2.75) is 32.7 Å². The third-order valence-corrected chi connectivity index (χ3v) is 3.32. The fraction of sp³-hybridized carbons (Fsp3) is 0.429. The van der Waals surface area contributed by atoms with Crippen molar-refractivity contribution in [2.24, 2.45) is 7.05 Å². The SMILES string of the molecule is CCCc1nn(C)c(NC(C)c2ccncc2)c1[N+](=O)[O-]. The van der Waals surface area contributed by atoms with Crippen molar-refractivity contribution in [2.75, 3.05) is 5.32 Å². The van der Waals surface area contributed by atoms with E-state index < -0.39 is 0 Å². The summed E-state index contributed by atoms with van der Waals surface area (Å²) in [5.41, 5.74) is 1.60. The zero-order chi connectivity index (χ0) is 15.4. The second-order valence-electron chi connectivity index (χ2n) is 4.92. The number of pyridine rings is 1. The normalized spacial score (nSPS) is 12.1. The Morgan fingerprint density at radius 3 is 2.67 bits per heavy atom. The Bertz CT molecular complexity index is 624. The van der Waals surface area contributed by atoms with Crippen LogP contribution in [0.3, 0.4) is 0 Å². The molecular formula is C14H19N5O2. The summed E-state index contributed by atoms with van der Waals surface area (Å²) in [6.45, 7) is 3.93. The molecule has 21 heavy (non-hydrogen) atoms. The summed E-state index contributed by atoms with van der Waals surface area (Å²) in [6.07, 6.45) is 4.81. The van der Waals surface area contributed by atoms with Gasteiger partial charge in [-0.3, -0.25) is 15.1 Å². The van der Waals surface area contributed by atoms with Crippen LogP contribution in [-0.4, -0.2) is 19.7 Å². The minimum Gasteiger partial charge on any atom is -0.358 e. The Hall–Kier alpha value is -2.44. The van der Waals surface area contributed by atoms with Gasteiger partial charge >= 0.3 is 5.69 Å². The smallest absolute Gasteiger partial charge is 0.334 e. The van der Waals surface area contributed by atoms with Crippen LogP contribution in [0.4, 0.5) is 11.5 Å². The third kappa shape index (κ3) is 3.18. The maximum atomic E-state index is 11.4. The van der Waals surface area contributed by atoms with E-state index in [1.54, 1.807) is 24.1 Å². The van der Waals surface area contributed by atoms with E-state index in [1.165, 1.54) is 0 Å². The Morgan fingerprint density at radius 2 is 2.10 bits per heavy atom. The second-order valence-corrected chi connectivity index (χ2v) is 4.92. The molecule has 0 fully saturated rings. The fourth-order valence-electron chi connectivity index (χ4n) is 2.27. The highest BCUT2D eigenvalue weighted by Gasteiger charge is 2.27. The number of nitrogens with one attached hydrogen (secondary N) is 1. The van der Waals surface area contributed by atoms with Gasteiger partial charge in [0, 0.05) is 19.4 Å². The van der Waals surface area contributed by atoms with Crippen LogP contribution in [0.15, 0.2) is 24.5 Å². The van der Waals surface area contributed by atoms with Crippen molar-refractivity contribution in [3.63, 3.8) is 0 Å². The Morgan fingerprint density at radius 1 is 1.43 bits per heavy atom. The maximum absolute atomic E-state index is 11.4. The summed E-state index contributed by atoms with van der Waals surface area (Å²) >= 11 is 0. The van der Waals surface area contributed by atoms with Crippen LogP contribution in [0.25, 0.3) is 0 Å². The van der Waals surface area contributed by atoms with Gasteiger partial charge in [-0.1, -0.05) is 13.3 Å². The lowest BCUT2D eigenvalue weighted by atomic mass is 10.1. The van der Waals surface area contributed by atoms with Crippen molar-refractivity contribution >= 4 is 11.5 Å². The predicted octanol–water partition coefficient (Wildman–Crippen LogP) is 2.85. The van der Waals surface area contributed by atoms with Crippen LogP contribution in [-0.2, 0) is 13.5 Å². The standard InChI is InChI=1S/C14H19N5O2/c1-4-5-12-13(19(20)21)14(18(3)17-12)16-10(2)11-6-8-15-9-7-11/h6-10,16H,4-5H2,1-3H3. The molecule has 1 atom stereocenters. The summed E-state index contributed by atoms with van der Waals surface area (Å²) < 4.78 is 1.54. The Kier molecular flexibility index (Phi) is 4.52. The van der Waals surface area contributed by atoms with Crippen LogP contribution in [0, 0.1) is 10.1 Å². The van der Waals surface area contributed by atoms with E-state index in [4.69, 9.17) is 0 Å². The molecule has 2 rings (SSSR count). The largest absolute Gasteiger partial charge is 0.358 e. The van der Waals surface area contributed by atoms with Gasteiger partial charge in [-0.25, -0.2) is 4.68 Å². The lowest BCUT2D eigenvalue weighted by Gasteiger charge is -2.14. The maximum Gasteiger partial charge on any atom is 0.334 e. The molecule has 2 heterocycles. The Balaban J connectivity index is 2.33. The summed E-state index contributed by atoms with van der Waals surface area (Å²) in [4.78, 5) is 15.0. The highest BCUT2D eigenvalue weighted by molar-refractivity contribution is 5.60. The van der Waals surface area contributed by atoms with Gasteiger partial charge in [0.1, 0.15) is 5.69 Å². The summed E-state index contributed by atoms with van der Waals surface area (Å²) in [6, 6.07) is 3.69. The van der Waals surface area contributed by atoms with Crippen LogP contribution in [0.2, 0.25) is 0 Å². The summed E-state index contributed by atoms with van der Waals surface area (Å²) in [5.74, 6) is 0.438. The lowest BCUT2D eigenvalue weighted by molar-refractivity contribution is -0.384. The highest BCUT2D eigenvalue weighted by Crippen LogP contribution is 2.31. The number of anilines is 1. The zero-order valence-electron chi connectivity index (χ0n) is 12.4. The lowest BCUT2D eigenvalue weighted by Crippen LogP contribution is -2.11. The average molecular weight is 289 g/mol. The Labute approximate surface area is 123 Å². The van der Waals surface area contributed by atoms with Crippen molar-refractivity contribution < 1.29 is 4.92 Å². The number of nitro groups is 1. The van der Waals surface area contributed by atoms with Crippen molar-refractivity contribution in [1.29, 1.82) is 0 Å². The molecule has 0 aromatic carbocycles. The van der Waals surface area contributed by atoms with E-state index in [0.717, 1.165) is 12.0 Å². The van der Waals surface area contributed by atoms with E-state index in [2.05, 4.69) is 15.4 Å². The summed E-state index contributed by atoms with van der Waals surface area (Å²) in [7, 11) is 1.72. The molecule has 1 unspecified atom stereocenters. The number of aromatic nitrogens is 3. The molecule has 2 aromatic rings. The first-order chi connectivity index (χ1) is 10.0. The third-order valence-electron chi connectivity index (χ3n) is 3.32. The molecule has 1 N–H and O–H groups in total. The van der Waals surface area contributed by atoms with Gasteiger partial charge in [-0.05, 0) is 31.0 Å². The van der Waals surface area contributed by atoms with Gasteiger partial charge < -0.3 is 5.32 Å². The van der Waals surface area contributed by atoms with Gasteiger partial charge in [-0.2, -0.15) is 5.10 Å². The van der Waals surface area contributed by atoms with Gasteiger partial charge in [-0.15, -0.1) is 0 Å².